The van der Waals surface area contributed by atoms with Crippen LogP contribution in [0.25, 0.3) is 10.9 Å². The zero-order valence-corrected chi connectivity index (χ0v) is 17.0. The Kier molecular flexibility index (Phi) is 4.79. The SMILES string of the molecule is Cc1cccc(CN[C@H]2C[C@H]3C(=O)N[C@@H](Cc4c[nH]c5ccccc45)C(=O)N3C2)c1. The number of fused-ring (bicyclic) bond motifs is 2. The quantitative estimate of drug-likeness (QED) is 0.613. The van der Waals surface area contributed by atoms with Gasteiger partial charge in [-0.15, -0.1) is 0 Å². The van der Waals surface area contributed by atoms with Crippen molar-refractivity contribution in [1.82, 2.24) is 20.5 Å². The van der Waals surface area contributed by atoms with Gasteiger partial charge in [0.2, 0.25) is 11.8 Å². The average Bonchev–Trinajstić information content (AvgIpc) is 3.36. The van der Waals surface area contributed by atoms with E-state index in [1.807, 2.05) is 30.5 Å². The molecule has 3 N–H and O–H groups in total. The summed E-state index contributed by atoms with van der Waals surface area (Å²) >= 11 is 0. The molecule has 2 amide bonds. The zero-order valence-electron chi connectivity index (χ0n) is 17.0. The number of para-hydroxylation sites is 1. The number of nitrogens with zero attached hydrogens (tertiary/aromatic N) is 1. The van der Waals surface area contributed by atoms with Gasteiger partial charge in [0, 0.05) is 42.7 Å². The van der Waals surface area contributed by atoms with Gasteiger partial charge in [-0.1, -0.05) is 48.0 Å². The van der Waals surface area contributed by atoms with Gasteiger partial charge in [0.15, 0.2) is 0 Å². The smallest absolute Gasteiger partial charge is 0.246 e. The van der Waals surface area contributed by atoms with E-state index in [0.717, 1.165) is 23.0 Å². The minimum absolute atomic E-state index is 0.0183. The second kappa shape index (κ2) is 7.61. The summed E-state index contributed by atoms with van der Waals surface area (Å²) in [6.45, 7) is 3.39. The van der Waals surface area contributed by atoms with Crippen LogP contribution in [0.3, 0.4) is 0 Å². The normalized spacial score (nSPS) is 23.6. The third-order valence-corrected chi connectivity index (χ3v) is 6.28. The fourth-order valence-electron chi connectivity index (χ4n) is 4.75. The Morgan fingerprint density at radius 1 is 1.13 bits per heavy atom. The van der Waals surface area contributed by atoms with Crippen LogP contribution >= 0.6 is 0 Å². The molecule has 3 heterocycles. The number of piperazine rings is 1. The van der Waals surface area contributed by atoms with Crippen molar-refractivity contribution >= 4 is 22.7 Å². The lowest BCUT2D eigenvalue weighted by Crippen LogP contribution is -2.61. The van der Waals surface area contributed by atoms with Gasteiger partial charge >= 0.3 is 0 Å². The Bertz CT molecular complexity index is 1110. The molecule has 2 saturated heterocycles. The van der Waals surface area contributed by atoms with Gasteiger partial charge in [0.25, 0.3) is 0 Å². The summed E-state index contributed by atoms with van der Waals surface area (Å²) in [6.07, 6.45) is 3.09. The van der Waals surface area contributed by atoms with Crippen LogP contribution in [0.4, 0.5) is 0 Å². The van der Waals surface area contributed by atoms with Crippen LogP contribution in [0.2, 0.25) is 0 Å². The van der Waals surface area contributed by atoms with E-state index in [4.69, 9.17) is 0 Å². The molecule has 3 aromatic rings. The minimum Gasteiger partial charge on any atom is -0.361 e. The molecule has 6 nitrogen and oxygen atoms in total. The first-order valence-electron chi connectivity index (χ1n) is 10.5. The van der Waals surface area contributed by atoms with Crippen molar-refractivity contribution in [2.75, 3.05) is 6.54 Å². The summed E-state index contributed by atoms with van der Waals surface area (Å²) in [5, 5.41) is 7.60. The monoisotopic (exact) mass is 402 g/mol. The first kappa shape index (κ1) is 18.9. The van der Waals surface area contributed by atoms with Crippen molar-refractivity contribution in [3.05, 3.63) is 71.4 Å². The van der Waals surface area contributed by atoms with Crippen LogP contribution in [0.15, 0.2) is 54.7 Å². The van der Waals surface area contributed by atoms with Gasteiger partial charge in [-0.05, 0) is 30.5 Å². The number of rotatable bonds is 5. The minimum atomic E-state index is -0.511. The Balaban J connectivity index is 1.26. The molecule has 0 radical (unpaired) electrons. The number of carbonyl (C=O) groups excluding carboxylic acids is 2. The fourth-order valence-corrected chi connectivity index (χ4v) is 4.75. The number of hydrogen-bond donors (Lipinski definition) is 3. The molecule has 2 fully saturated rings. The maximum atomic E-state index is 13.2. The molecule has 2 aliphatic rings. The van der Waals surface area contributed by atoms with Crippen LogP contribution in [-0.2, 0) is 22.6 Å². The summed E-state index contributed by atoms with van der Waals surface area (Å²) in [7, 11) is 0. The topological polar surface area (TPSA) is 77.2 Å². The average molecular weight is 402 g/mol. The van der Waals surface area contributed by atoms with E-state index in [2.05, 4.69) is 46.8 Å². The Morgan fingerprint density at radius 2 is 2.00 bits per heavy atom. The third kappa shape index (κ3) is 3.48. The molecule has 0 saturated carbocycles. The van der Waals surface area contributed by atoms with Crippen molar-refractivity contribution in [3.8, 4) is 0 Å². The van der Waals surface area contributed by atoms with Crippen molar-refractivity contribution < 1.29 is 9.59 Å². The number of nitrogens with one attached hydrogen (secondary N) is 3. The van der Waals surface area contributed by atoms with Crippen molar-refractivity contribution in [3.63, 3.8) is 0 Å². The van der Waals surface area contributed by atoms with Crippen molar-refractivity contribution in [2.45, 2.75) is 44.4 Å². The maximum Gasteiger partial charge on any atom is 0.246 e. The van der Waals surface area contributed by atoms with E-state index >= 15 is 0 Å². The lowest BCUT2D eigenvalue weighted by molar-refractivity contribution is -0.146. The molecule has 2 aliphatic heterocycles. The highest BCUT2D eigenvalue weighted by molar-refractivity contribution is 5.98. The molecule has 0 spiro atoms. The largest absolute Gasteiger partial charge is 0.361 e. The molecular formula is C24H26N4O2. The molecule has 30 heavy (non-hydrogen) atoms. The summed E-state index contributed by atoms with van der Waals surface area (Å²) < 4.78 is 0. The number of H-pyrrole nitrogens is 1. The van der Waals surface area contributed by atoms with Crippen LogP contribution < -0.4 is 10.6 Å². The van der Waals surface area contributed by atoms with E-state index in [0.29, 0.717) is 19.4 Å². The number of carbonyl (C=O) groups is 2. The first-order valence-corrected chi connectivity index (χ1v) is 10.5. The van der Waals surface area contributed by atoms with Crippen molar-refractivity contribution in [2.24, 2.45) is 0 Å². The molecule has 1 aromatic heterocycles. The second-order valence-corrected chi connectivity index (χ2v) is 8.43. The number of aryl methyl sites for hydroxylation is 1. The molecule has 0 bridgehead atoms. The Morgan fingerprint density at radius 3 is 2.87 bits per heavy atom. The van der Waals surface area contributed by atoms with Crippen molar-refractivity contribution in [1.29, 1.82) is 0 Å². The molecule has 0 aliphatic carbocycles. The molecular weight excluding hydrogens is 376 g/mol. The maximum absolute atomic E-state index is 13.2. The van der Waals surface area contributed by atoms with E-state index < -0.39 is 6.04 Å². The molecule has 3 atom stereocenters. The highest BCUT2D eigenvalue weighted by Crippen LogP contribution is 2.26. The lowest BCUT2D eigenvalue weighted by Gasteiger charge is -2.34. The number of amides is 2. The molecule has 0 unspecified atom stereocenters. The first-order chi connectivity index (χ1) is 14.6. The standard InChI is InChI=1S/C24H26N4O2/c1-15-5-4-6-16(9-15)12-25-18-11-22-23(29)27-21(24(30)28(22)14-18)10-17-13-26-20-8-3-2-7-19(17)20/h2-9,13,18,21-22,25-26H,10-12,14H2,1H3,(H,27,29)/t18-,21-,22-/m0/s1. The van der Waals surface area contributed by atoms with E-state index in [-0.39, 0.29) is 23.9 Å². The van der Waals surface area contributed by atoms with Gasteiger partial charge in [-0.25, -0.2) is 0 Å². The highest BCUT2D eigenvalue weighted by Gasteiger charge is 2.46. The van der Waals surface area contributed by atoms with Gasteiger partial charge < -0.3 is 20.5 Å². The Hall–Kier alpha value is -3.12. The van der Waals surface area contributed by atoms with Gasteiger partial charge in [-0.2, -0.15) is 0 Å². The molecule has 2 aromatic carbocycles. The molecule has 154 valence electrons. The summed E-state index contributed by atoms with van der Waals surface area (Å²) in [4.78, 5) is 30.9. The van der Waals surface area contributed by atoms with E-state index in [1.165, 1.54) is 11.1 Å². The highest BCUT2D eigenvalue weighted by atomic mass is 16.2. The molecule has 6 heteroatoms. The fraction of sp³-hybridized carbons (Fsp3) is 0.333. The van der Waals surface area contributed by atoms with Gasteiger partial charge in [0.1, 0.15) is 12.1 Å². The molecule has 5 rings (SSSR count). The number of aromatic nitrogens is 1. The second-order valence-electron chi connectivity index (χ2n) is 8.43. The van der Waals surface area contributed by atoms with Crippen LogP contribution in [0.5, 0.6) is 0 Å². The number of aromatic amines is 1. The zero-order chi connectivity index (χ0) is 20.7. The van der Waals surface area contributed by atoms with Crippen LogP contribution in [-0.4, -0.2) is 46.4 Å². The number of hydrogen-bond acceptors (Lipinski definition) is 3. The van der Waals surface area contributed by atoms with Crippen LogP contribution in [0, 0.1) is 6.92 Å². The predicted molar refractivity (Wildman–Crippen MR) is 116 cm³/mol. The summed E-state index contributed by atoms with van der Waals surface area (Å²) in [5.41, 5.74) is 4.54. The lowest BCUT2D eigenvalue weighted by atomic mass is 10.0. The third-order valence-electron chi connectivity index (χ3n) is 6.28. The summed E-state index contributed by atoms with van der Waals surface area (Å²) in [6, 6.07) is 15.7. The van der Waals surface area contributed by atoms with E-state index in [1.54, 1.807) is 4.90 Å². The summed E-state index contributed by atoms with van der Waals surface area (Å²) in [5.74, 6) is -0.0240. The number of benzene rings is 2. The predicted octanol–water partition coefficient (Wildman–Crippen LogP) is 2.28. The van der Waals surface area contributed by atoms with Gasteiger partial charge in [0.05, 0.1) is 0 Å². The Labute approximate surface area is 175 Å². The van der Waals surface area contributed by atoms with Crippen LogP contribution in [0.1, 0.15) is 23.1 Å². The van der Waals surface area contributed by atoms with Gasteiger partial charge in [-0.3, -0.25) is 9.59 Å². The van der Waals surface area contributed by atoms with E-state index in [9.17, 15) is 9.59 Å².